The van der Waals surface area contributed by atoms with E-state index < -0.39 is 24.4 Å². The van der Waals surface area contributed by atoms with Gasteiger partial charge in [-0.25, -0.2) is 0 Å². The van der Waals surface area contributed by atoms with Gasteiger partial charge in [-0.15, -0.1) is 0 Å². The molecule has 1 atom stereocenters. The third-order valence-electron chi connectivity index (χ3n) is 4.75. The second kappa shape index (κ2) is 10.8. The second-order valence-corrected chi connectivity index (χ2v) is 8.32. The minimum Gasteiger partial charge on any atom is -0.490 e. The van der Waals surface area contributed by atoms with Gasteiger partial charge in [0.2, 0.25) is 0 Å². The van der Waals surface area contributed by atoms with Crippen LogP contribution in [0.25, 0.3) is 0 Å². The monoisotopic (exact) mass is 429 g/mol. The van der Waals surface area contributed by atoms with Crippen LogP contribution in [0, 0.1) is 0 Å². The SMILES string of the molecule is CCOc1cc(CNC(CC(=O)O)C(=O)O)ccc1OCc1ccc(C(C)(C)C)cc1. The fourth-order valence-corrected chi connectivity index (χ4v) is 2.97. The summed E-state index contributed by atoms with van der Waals surface area (Å²) in [7, 11) is 0. The van der Waals surface area contributed by atoms with Crippen molar-refractivity contribution in [3.8, 4) is 11.5 Å². The van der Waals surface area contributed by atoms with Gasteiger partial charge in [0.25, 0.3) is 0 Å². The van der Waals surface area contributed by atoms with E-state index in [0.717, 1.165) is 11.1 Å². The molecule has 0 aromatic heterocycles. The maximum absolute atomic E-state index is 11.2. The van der Waals surface area contributed by atoms with Crippen LogP contribution in [-0.4, -0.2) is 34.8 Å². The van der Waals surface area contributed by atoms with Gasteiger partial charge in [-0.1, -0.05) is 51.1 Å². The Labute approximate surface area is 183 Å². The predicted octanol–water partition coefficient (Wildman–Crippen LogP) is 3.98. The van der Waals surface area contributed by atoms with Crippen molar-refractivity contribution >= 4 is 11.9 Å². The molecule has 2 rings (SSSR count). The van der Waals surface area contributed by atoms with Crippen LogP contribution in [0.2, 0.25) is 0 Å². The molecule has 0 bridgehead atoms. The molecule has 3 N–H and O–H groups in total. The predicted molar refractivity (Wildman–Crippen MR) is 118 cm³/mol. The smallest absolute Gasteiger partial charge is 0.321 e. The standard InChI is InChI=1S/C24H31NO6/c1-5-30-21-12-17(14-25-19(23(28)29)13-22(26)27)8-11-20(21)31-15-16-6-9-18(10-7-16)24(2,3)4/h6-12,19,25H,5,13-15H2,1-4H3,(H,26,27)(H,28,29). The van der Waals surface area contributed by atoms with E-state index in [1.807, 2.05) is 19.1 Å². The van der Waals surface area contributed by atoms with E-state index in [0.29, 0.717) is 24.7 Å². The maximum Gasteiger partial charge on any atom is 0.321 e. The van der Waals surface area contributed by atoms with Crippen molar-refractivity contribution in [1.82, 2.24) is 5.32 Å². The fourth-order valence-electron chi connectivity index (χ4n) is 2.97. The van der Waals surface area contributed by atoms with E-state index in [4.69, 9.17) is 19.7 Å². The lowest BCUT2D eigenvalue weighted by Gasteiger charge is -2.19. The highest BCUT2D eigenvalue weighted by Crippen LogP contribution is 2.30. The van der Waals surface area contributed by atoms with Crippen molar-refractivity contribution < 1.29 is 29.3 Å². The Morgan fingerprint density at radius 2 is 1.61 bits per heavy atom. The van der Waals surface area contributed by atoms with E-state index in [-0.39, 0.29) is 12.0 Å². The number of carbonyl (C=O) groups is 2. The van der Waals surface area contributed by atoms with Crippen LogP contribution in [-0.2, 0) is 28.2 Å². The number of benzene rings is 2. The molecule has 0 saturated carbocycles. The Kier molecular flexibility index (Phi) is 8.45. The van der Waals surface area contributed by atoms with Crippen molar-refractivity contribution in [3.05, 3.63) is 59.2 Å². The van der Waals surface area contributed by atoms with E-state index in [1.54, 1.807) is 18.2 Å². The molecule has 0 radical (unpaired) electrons. The lowest BCUT2D eigenvalue weighted by Crippen LogP contribution is -2.38. The summed E-state index contributed by atoms with van der Waals surface area (Å²) >= 11 is 0. The summed E-state index contributed by atoms with van der Waals surface area (Å²) in [5.74, 6) is -1.23. The molecule has 7 heteroatoms. The van der Waals surface area contributed by atoms with Crippen molar-refractivity contribution in [2.24, 2.45) is 0 Å². The highest BCUT2D eigenvalue weighted by molar-refractivity contribution is 5.80. The number of carboxylic acids is 2. The van der Waals surface area contributed by atoms with Gasteiger partial charge in [-0.3, -0.25) is 14.9 Å². The highest BCUT2D eigenvalue weighted by atomic mass is 16.5. The average molecular weight is 430 g/mol. The van der Waals surface area contributed by atoms with Gasteiger partial charge < -0.3 is 19.7 Å². The van der Waals surface area contributed by atoms with Gasteiger partial charge in [-0.05, 0) is 41.2 Å². The molecule has 0 saturated heterocycles. The molecule has 0 heterocycles. The minimum absolute atomic E-state index is 0.0928. The first-order valence-electron chi connectivity index (χ1n) is 10.3. The number of ether oxygens (including phenoxy) is 2. The summed E-state index contributed by atoms with van der Waals surface area (Å²) in [5, 5.41) is 20.8. The number of aliphatic carboxylic acids is 2. The van der Waals surface area contributed by atoms with Gasteiger partial charge in [0.1, 0.15) is 12.6 Å². The number of rotatable bonds is 11. The molecule has 2 aromatic carbocycles. The summed E-state index contributed by atoms with van der Waals surface area (Å²) in [6.45, 7) is 9.41. The first-order chi connectivity index (χ1) is 14.6. The lowest BCUT2D eigenvalue weighted by molar-refractivity contribution is -0.146. The summed E-state index contributed by atoms with van der Waals surface area (Å²) in [6, 6.07) is 12.5. The molecule has 2 aromatic rings. The molecule has 7 nitrogen and oxygen atoms in total. The van der Waals surface area contributed by atoms with Crippen molar-refractivity contribution in [2.75, 3.05) is 6.61 Å². The normalized spacial score (nSPS) is 12.3. The van der Waals surface area contributed by atoms with Crippen LogP contribution in [0.3, 0.4) is 0 Å². The average Bonchev–Trinajstić information content (AvgIpc) is 2.70. The summed E-state index contributed by atoms with van der Waals surface area (Å²) in [5.41, 5.74) is 3.15. The molecule has 0 aliphatic carbocycles. The van der Waals surface area contributed by atoms with Crippen molar-refractivity contribution in [1.29, 1.82) is 0 Å². The van der Waals surface area contributed by atoms with E-state index in [2.05, 4.69) is 38.2 Å². The van der Waals surface area contributed by atoms with E-state index in [9.17, 15) is 9.59 Å². The van der Waals surface area contributed by atoms with Gasteiger partial charge in [0, 0.05) is 6.54 Å². The zero-order valence-electron chi connectivity index (χ0n) is 18.5. The first kappa shape index (κ1) is 24.2. The Balaban J connectivity index is 2.06. The van der Waals surface area contributed by atoms with Gasteiger partial charge in [-0.2, -0.15) is 0 Å². The van der Waals surface area contributed by atoms with Crippen molar-refractivity contribution in [2.45, 2.75) is 58.7 Å². The summed E-state index contributed by atoms with van der Waals surface area (Å²) in [6.07, 6.45) is -0.497. The molecular weight excluding hydrogens is 398 g/mol. The van der Waals surface area contributed by atoms with Crippen LogP contribution in [0.15, 0.2) is 42.5 Å². The van der Waals surface area contributed by atoms with Crippen LogP contribution in [0.1, 0.15) is 50.8 Å². The molecule has 0 aliphatic rings. The Hall–Kier alpha value is -3.06. The molecule has 0 aliphatic heterocycles. The topological polar surface area (TPSA) is 105 Å². The Bertz CT molecular complexity index is 886. The van der Waals surface area contributed by atoms with Gasteiger partial charge >= 0.3 is 11.9 Å². The molecule has 168 valence electrons. The van der Waals surface area contributed by atoms with Crippen molar-refractivity contribution in [3.63, 3.8) is 0 Å². The fraction of sp³-hybridized carbons (Fsp3) is 0.417. The Morgan fingerprint density at radius 3 is 2.16 bits per heavy atom. The zero-order valence-corrected chi connectivity index (χ0v) is 18.5. The number of nitrogens with one attached hydrogen (secondary N) is 1. The van der Waals surface area contributed by atoms with Crippen LogP contribution in [0.5, 0.6) is 11.5 Å². The molecule has 31 heavy (non-hydrogen) atoms. The Morgan fingerprint density at radius 1 is 0.968 bits per heavy atom. The lowest BCUT2D eigenvalue weighted by atomic mass is 9.87. The van der Waals surface area contributed by atoms with Crippen LogP contribution in [0.4, 0.5) is 0 Å². The van der Waals surface area contributed by atoms with Crippen LogP contribution < -0.4 is 14.8 Å². The molecule has 0 amide bonds. The third kappa shape index (κ3) is 7.61. The number of hydrogen-bond acceptors (Lipinski definition) is 5. The molecule has 1 unspecified atom stereocenters. The van der Waals surface area contributed by atoms with E-state index in [1.165, 1.54) is 5.56 Å². The van der Waals surface area contributed by atoms with Gasteiger partial charge in [0.15, 0.2) is 11.5 Å². The van der Waals surface area contributed by atoms with Gasteiger partial charge in [0.05, 0.1) is 13.0 Å². The number of carboxylic acid groups (broad SMARTS) is 2. The van der Waals surface area contributed by atoms with Crippen LogP contribution >= 0.6 is 0 Å². The summed E-state index contributed by atoms with van der Waals surface area (Å²) in [4.78, 5) is 22.0. The van der Waals surface area contributed by atoms with E-state index >= 15 is 0 Å². The largest absolute Gasteiger partial charge is 0.490 e. The summed E-state index contributed by atoms with van der Waals surface area (Å²) < 4.78 is 11.6. The quantitative estimate of drug-likeness (QED) is 0.496. The highest BCUT2D eigenvalue weighted by Gasteiger charge is 2.20. The third-order valence-corrected chi connectivity index (χ3v) is 4.75. The minimum atomic E-state index is -1.20. The zero-order chi connectivity index (χ0) is 23.0. The molecule has 0 fully saturated rings. The maximum atomic E-state index is 11.2. The molecular formula is C24H31NO6. The first-order valence-corrected chi connectivity index (χ1v) is 10.3. The number of hydrogen-bond donors (Lipinski definition) is 3. The second-order valence-electron chi connectivity index (χ2n) is 8.32. The molecule has 0 spiro atoms.